The SMILES string of the molecule is CC1=C(C(=O)N2CCC(OCc3ccccn3)CC2)OCCO1. The maximum Gasteiger partial charge on any atom is 0.292 e. The molecule has 0 N–H and O–H groups in total. The van der Waals surface area contributed by atoms with Crippen LogP contribution in [0.15, 0.2) is 35.9 Å². The number of aromatic nitrogens is 1. The van der Waals surface area contributed by atoms with Gasteiger partial charge in [0.1, 0.15) is 19.0 Å². The molecule has 6 nitrogen and oxygen atoms in total. The van der Waals surface area contributed by atoms with Gasteiger partial charge in [-0.15, -0.1) is 0 Å². The summed E-state index contributed by atoms with van der Waals surface area (Å²) in [5.41, 5.74) is 0.930. The fraction of sp³-hybridized carbons (Fsp3) is 0.529. The monoisotopic (exact) mass is 318 g/mol. The topological polar surface area (TPSA) is 60.9 Å². The number of ether oxygens (including phenoxy) is 3. The lowest BCUT2D eigenvalue weighted by Crippen LogP contribution is -2.42. The second kappa shape index (κ2) is 7.46. The number of carbonyl (C=O) groups is 1. The molecule has 0 aliphatic carbocycles. The molecular formula is C17H22N2O4. The van der Waals surface area contributed by atoms with E-state index in [4.69, 9.17) is 14.2 Å². The first-order valence-corrected chi connectivity index (χ1v) is 8.01. The Morgan fingerprint density at radius 2 is 2.09 bits per heavy atom. The van der Waals surface area contributed by atoms with E-state index in [1.807, 2.05) is 23.1 Å². The third-order valence-electron chi connectivity index (χ3n) is 4.08. The molecule has 0 radical (unpaired) electrons. The first-order valence-electron chi connectivity index (χ1n) is 8.01. The fourth-order valence-electron chi connectivity index (χ4n) is 2.77. The number of pyridine rings is 1. The van der Waals surface area contributed by atoms with Crippen LogP contribution in [0.1, 0.15) is 25.5 Å². The van der Waals surface area contributed by atoms with Gasteiger partial charge in [0.05, 0.1) is 18.4 Å². The van der Waals surface area contributed by atoms with Crippen molar-refractivity contribution in [2.75, 3.05) is 26.3 Å². The molecule has 23 heavy (non-hydrogen) atoms. The molecule has 0 bridgehead atoms. The molecule has 1 amide bonds. The molecule has 0 spiro atoms. The number of nitrogens with zero attached hydrogens (tertiary/aromatic N) is 2. The van der Waals surface area contributed by atoms with Crippen molar-refractivity contribution >= 4 is 5.91 Å². The van der Waals surface area contributed by atoms with Crippen molar-refractivity contribution in [1.82, 2.24) is 9.88 Å². The smallest absolute Gasteiger partial charge is 0.292 e. The zero-order valence-electron chi connectivity index (χ0n) is 13.4. The highest BCUT2D eigenvalue weighted by atomic mass is 16.6. The zero-order valence-corrected chi connectivity index (χ0v) is 13.4. The number of amides is 1. The summed E-state index contributed by atoms with van der Waals surface area (Å²) in [4.78, 5) is 18.5. The fourth-order valence-corrected chi connectivity index (χ4v) is 2.77. The van der Waals surface area contributed by atoms with Gasteiger partial charge in [0.15, 0.2) is 0 Å². The first-order chi connectivity index (χ1) is 11.2. The number of piperidine rings is 1. The molecule has 3 rings (SSSR count). The largest absolute Gasteiger partial charge is 0.491 e. The summed E-state index contributed by atoms with van der Waals surface area (Å²) in [6, 6.07) is 5.80. The molecule has 0 saturated carbocycles. The van der Waals surface area contributed by atoms with Crippen LogP contribution in [-0.2, 0) is 25.6 Å². The summed E-state index contributed by atoms with van der Waals surface area (Å²) in [5, 5.41) is 0. The van der Waals surface area contributed by atoms with Crippen LogP contribution in [0, 0.1) is 0 Å². The number of hydrogen-bond acceptors (Lipinski definition) is 5. The number of carbonyl (C=O) groups excluding carboxylic acids is 1. The van der Waals surface area contributed by atoms with Crippen LogP contribution in [0.3, 0.4) is 0 Å². The molecule has 0 unspecified atom stereocenters. The number of allylic oxidation sites excluding steroid dienone is 1. The van der Waals surface area contributed by atoms with Gasteiger partial charge in [-0.25, -0.2) is 0 Å². The van der Waals surface area contributed by atoms with Crippen molar-refractivity contribution in [2.45, 2.75) is 32.5 Å². The normalized spacial score (nSPS) is 19.3. The molecule has 1 aromatic heterocycles. The van der Waals surface area contributed by atoms with Crippen molar-refractivity contribution in [2.24, 2.45) is 0 Å². The molecule has 0 aromatic carbocycles. The van der Waals surface area contributed by atoms with Crippen molar-refractivity contribution in [1.29, 1.82) is 0 Å². The highest BCUT2D eigenvalue weighted by Gasteiger charge is 2.29. The third kappa shape index (κ3) is 4.01. The summed E-state index contributed by atoms with van der Waals surface area (Å²) in [6.45, 7) is 4.57. The lowest BCUT2D eigenvalue weighted by molar-refractivity contribution is -0.135. The van der Waals surface area contributed by atoms with E-state index in [-0.39, 0.29) is 12.0 Å². The molecule has 6 heteroatoms. The average Bonchev–Trinajstić information content (AvgIpc) is 2.61. The maximum absolute atomic E-state index is 12.5. The second-order valence-corrected chi connectivity index (χ2v) is 5.71. The van der Waals surface area contributed by atoms with Crippen LogP contribution < -0.4 is 0 Å². The highest BCUT2D eigenvalue weighted by molar-refractivity contribution is 5.92. The van der Waals surface area contributed by atoms with Gasteiger partial charge < -0.3 is 19.1 Å². The predicted molar refractivity (Wildman–Crippen MR) is 83.2 cm³/mol. The summed E-state index contributed by atoms with van der Waals surface area (Å²) in [5.74, 6) is 0.851. The number of rotatable bonds is 4. The molecule has 1 aromatic rings. The van der Waals surface area contributed by atoms with Crippen molar-refractivity contribution < 1.29 is 19.0 Å². The van der Waals surface area contributed by atoms with Gasteiger partial charge in [-0.05, 0) is 31.9 Å². The Labute approximate surface area is 136 Å². The summed E-state index contributed by atoms with van der Waals surface area (Å²) in [7, 11) is 0. The van der Waals surface area contributed by atoms with Gasteiger partial charge in [-0.1, -0.05) is 6.07 Å². The van der Waals surface area contributed by atoms with Crippen LogP contribution in [-0.4, -0.2) is 48.2 Å². The van der Waals surface area contributed by atoms with Crippen molar-refractivity contribution in [3.8, 4) is 0 Å². The molecule has 124 valence electrons. The second-order valence-electron chi connectivity index (χ2n) is 5.71. The van der Waals surface area contributed by atoms with Crippen LogP contribution >= 0.6 is 0 Å². The van der Waals surface area contributed by atoms with Gasteiger partial charge >= 0.3 is 0 Å². The summed E-state index contributed by atoms with van der Waals surface area (Å²) in [6.07, 6.45) is 3.58. The lowest BCUT2D eigenvalue weighted by atomic mass is 10.1. The van der Waals surface area contributed by atoms with Crippen molar-refractivity contribution in [3.63, 3.8) is 0 Å². The van der Waals surface area contributed by atoms with Crippen molar-refractivity contribution in [3.05, 3.63) is 41.6 Å². The van der Waals surface area contributed by atoms with E-state index in [2.05, 4.69) is 4.98 Å². The minimum atomic E-state index is -0.0784. The maximum atomic E-state index is 12.5. The van der Waals surface area contributed by atoms with E-state index in [9.17, 15) is 4.79 Å². The minimum absolute atomic E-state index is 0.0784. The minimum Gasteiger partial charge on any atom is -0.491 e. The Kier molecular flexibility index (Phi) is 5.12. The standard InChI is InChI=1S/C17H22N2O4/c1-13-16(22-11-10-21-13)17(20)19-8-5-15(6-9-19)23-12-14-4-2-3-7-18-14/h2-4,7,15H,5-6,8-12H2,1H3. The Balaban J connectivity index is 1.47. The Hall–Kier alpha value is -2.08. The van der Waals surface area contributed by atoms with E-state index in [0.29, 0.717) is 44.4 Å². The lowest BCUT2D eigenvalue weighted by Gasteiger charge is -2.33. The van der Waals surface area contributed by atoms with E-state index in [1.54, 1.807) is 13.1 Å². The molecule has 1 saturated heterocycles. The number of likely N-dealkylation sites (tertiary alicyclic amines) is 1. The highest BCUT2D eigenvalue weighted by Crippen LogP contribution is 2.20. The molecule has 3 heterocycles. The Morgan fingerprint density at radius 3 is 2.78 bits per heavy atom. The quantitative estimate of drug-likeness (QED) is 0.848. The average molecular weight is 318 g/mol. The third-order valence-corrected chi connectivity index (χ3v) is 4.08. The zero-order chi connectivity index (χ0) is 16.1. The van der Waals surface area contributed by atoms with Crippen LogP contribution in [0.25, 0.3) is 0 Å². The Bertz CT molecular complexity index is 565. The Morgan fingerprint density at radius 1 is 1.30 bits per heavy atom. The molecule has 0 atom stereocenters. The first kappa shape index (κ1) is 15.8. The summed E-state index contributed by atoms with van der Waals surface area (Å²) < 4.78 is 16.7. The molecular weight excluding hydrogens is 296 g/mol. The van der Waals surface area contributed by atoms with E-state index in [1.165, 1.54) is 0 Å². The number of hydrogen-bond donors (Lipinski definition) is 0. The van der Waals surface area contributed by atoms with Gasteiger partial charge in [-0.2, -0.15) is 0 Å². The van der Waals surface area contributed by atoms with Crippen LogP contribution in [0.2, 0.25) is 0 Å². The molecule has 1 fully saturated rings. The van der Waals surface area contributed by atoms with Gasteiger partial charge in [0.25, 0.3) is 5.91 Å². The van der Waals surface area contributed by atoms with Gasteiger partial charge in [0.2, 0.25) is 5.76 Å². The molecule has 2 aliphatic heterocycles. The van der Waals surface area contributed by atoms with Gasteiger partial charge in [0, 0.05) is 19.3 Å². The molecule has 2 aliphatic rings. The van der Waals surface area contributed by atoms with E-state index in [0.717, 1.165) is 18.5 Å². The predicted octanol–water partition coefficient (Wildman–Crippen LogP) is 1.87. The van der Waals surface area contributed by atoms with Gasteiger partial charge in [-0.3, -0.25) is 9.78 Å². The van der Waals surface area contributed by atoms with Crippen LogP contribution in [0.5, 0.6) is 0 Å². The van der Waals surface area contributed by atoms with Crippen LogP contribution in [0.4, 0.5) is 0 Å². The summed E-state index contributed by atoms with van der Waals surface area (Å²) >= 11 is 0. The van der Waals surface area contributed by atoms with E-state index < -0.39 is 0 Å². The van der Waals surface area contributed by atoms with E-state index >= 15 is 0 Å².